The van der Waals surface area contributed by atoms with Crippen LogP contribution in [0.5, 0.6) is 0 Å². The average Bonchev–Trinajstić information content (AvgIpc) is 3.13. The summed E-state index contributed by atoms with van der Waals surface area (Å²) in [6.07, 6.45) is 8.68. The molecule has 1 aliphatic rings. The van der Waals surface area contributed by atoms with Gasteiger partial charge in [0.05, 0.1) is 5.39 Å². The topological polar surface area (TPSA) is 62.7 Å². The number of pyridine rings is 1. The van der Waals surface area contributed by atoms with Gasteiger partial charge in [-0.15, -0.1) is 11.3 Å². The van der Waals surface area contributed by atoms with Crippen molar-refractivity contribution in [2.75, 3.05) is 11.9 Å². The molecule has 0 fully saturated rings. The van der Waals surface area contributed by atoms with Gasteiger partial charge in [-0.2, -0.15) is 0 Å². The van der Waals surface area contributed by atoms with Gasteiger partial charge in [-0.1, -0.05) is 22.0 Å². The van der Waals surface area contributed by atoms with Crippen LogP contribution in [0, 0.1) is 5.92 Å². The quantitative estimate of drug-likeness (QED) is 0.318. The van der Waals surface area contributed by atoms with Crippen LogP contribution < -0.4 is 10.0 Å². The lowest BCUT2D eigenvalue weighted by atomic mass is 9.88. The molecule has 0 spiro atoms. The van der Waals surface area contributed by atoms with Crippen molar-refractivity contribution in [3.05, 3.63) is 70.0 Å². The fourth-order valence-electron chi connectivity index (χ4n) is 3.80. The maximum Gasteiger partial charge on any atom is 0.142 e. The number of benzene rings is 1. The summed E-state index contributed by atoms with van der Waals surface area (Å²) in [5, 5.41) is 4.68. The van der Waals surface area contributed by atoms with Gasteiger partial charge in [0.2, 0.25) is 0 Å². The van der Waals surface area contributed by atoms with Crippen molar-refractivity contribution in [3.63, 3.8) is 0 Å². The minimum absolute atomic E-state index is 0.629. The second-order valence-electron chi connectivity index (χ2n) is 7.29. The third-order valence-electron chi connectivity index (χ3n) is 5.23. The third kappa shape index (κ3) is 4.37. The number of halogens is 1. The molecule has 0 amide bonds. The molecular formula is C22H20BrN5S2. The zero-order valence-corrected chi connectivity index (χ0v) is 19.4. The number of aryl methyl sites for hydroxylation is 1. The van der Waals surface area contributed by atoms with Crippen LogP contribution in [0.3, 0.4) is 0 Å². The number of thiophene rings is 1. The van der Waals surface area contributed by atoms with Crippen LogP contribution in [0.15, 0.2) is 64.5 Å². The van der Waals surface area contributed by atoms with E-state index in [1.165, 1.54) is 22.2 Å². The second-order valence-corrected chi connectivity index (χ2v) is 10.3. The van der Waals surface area contributed by atoms with Gasteiger partial charge in [-0.25, -0.2) is 9.97 Å². The van der Waals surface area contributed by atoms with E-state index in [1.807, 2.05) is 35.7 Å². The lowest BCUT2D eigenvalue weighted by Crippen LogP contribution is -2.22. The third-order valence-corrected chi connectivity index (χ3v) is 7.67. The summed E-state index contributed by atoms with van der Waals surface area (Å²) >= 11 is 7.01. The molecule has 0 bridgehead atoms. The van der Waals surface area contributed by atoms with Crippen molar-refractivity contribution in [3.8, 4) is 0 Å². The Morgan fingerprint density at radius 2 is 2.17 bits per heavy atom. The lowest BCUT2D eigenvalue weighted by molar-refractivity contribution is 0.465. The molecule has 5 nitrogen and oxygen atoms in total. The van der Waals surface area contributed by atoms with E-state index in [-0.39, 0.29) is 0 Å². The standard InChI is InChI=1S/C22H20BrN5S2/c23-15-3-1-4-16(10-15)28-21-20-18-7-6-14(9-19(18)29-22(20)26-13-25-21)11-27-30-17-5-2-8-24-12-17/h1-5,8,10,12-14,27H,6-7,9,11H2,(H,25,26,28). The smallest absolute Gasteiger partial charge is 0.142 e. The van der Waals surface area contributed by atoms with Crippen LogP contribution >= 0.6 is 39.2 Å². The fraction of sp³-hybridized carbons (Fsp3) is 0.227. The van der Waals surface area contributed by atoms with Gasteiger partial charge in [0.1, 0.15) is 17.0 Å². The number of nitrogens with zero attached hydrogens (tertiary/aromatic N) is 3. The Labute approximate surface area is 192 Å². The molecule has 1 atom stereocenters. The SMILES string of the molecule is Brc1cccc(Nc2ncnc3sc4c(c23)CCC(CNSc2cccnc2)C4)c1. The summed E-state index contributed by atoms with van der Waals surface area (Å²) < 4.78 is 4.57. The van der Waals surface area contributed by atoms with Gasteiger partial charge in [0.25, 0.3) is 0 Å². The Morgan fingerprint density at radius 1 is 1.20 bits per heavy atom. The molecule has 8 heteroatoms. The molecule has 4 aromatic rings. The van der Waals surface area contributed by atoms with Gasteiger partial charge in [-0.3, -0.25) is 9.71 Å². The Balaban J connectivity index is 1.32. The van der Waals surface area contributed by atoms with Crippen LogP contribution in [0.4, 0.5) is 11.5 Å². The summed E-state index contributed by atoms with van der Waals surface area (Å²) in [7, 11) is 0. The first kappa shape index (κ1) is 19.9. The van der Waals surface area contributed by atoms with E-state index in [0.29, 0.717) is 5.92 Å². The van der Waals surface area contributed by atoms with Crippen molar-refractivity contribution in [1.82, 2.24) is 19.7 Å². The van der Waals surface area contributed by atoms with Crippen LogP contribution in [0.1, 0.15) is 16.9 Å². The molecule has 5 rings (SSSR count). The first-order valence-corrected chi connectivity index (χ1v) is 12.3. The van der Waals surface area contributed by atoms with Crippen molar-refractivity contribution in [2.45, 2.75) is 24.2 Å². The summed E-state index contributed by atoms with van der Waals surface area (Å²) in [4.78, 5) is 17.0. The Kier molecular flexibility index (Phi) is 5.99. The van der Waals surface area contributed by atoms with E-state index < -0.39 is 0 Å². The molecule has 0 aliphatic heterocycles. The molecule has 1 aliphatic carbocycles. The maximum absolute atomic E-state index is 4.56. The van der Waals surface area contributed by atoms with Crippen molar-refractivity contribution in [2.24, 2.45) is 5.92 Å². The normalized spacial score (nSPS) is 15.8. The van der Waals surface area contributed by atoms with E-state index in [2.05, 4.69) is 59.1 Å². The average molecular weight is 498 g/mol. The number of nitrogens with one attached hydrogen (secondary N) is 2. The van der Waals surface area contributed by atoms with Crippen LogP contribution in [-0.4, -0.2) is 21.5 Å². The first-order chi connectivity index (χ1) is 14.8. The monoisotopic (exact) mass is 497 g/mol. The minimum Gasteiger partial charge on any atom is -0.340 e. The van der Waals surface area contributed by atoms with E-state index in [9.17, 15) is 0 Å². The summed E-state index contributed by atoms with van der Waals surface area (Å²) in [5.41, 5.74) is 2.44. The van der Waals surface area contributed by atoms with Crippen LogP contribution in [0.2, 0.25) is 0 Å². The van der Waals surface area contributed by atoms with Crippen LogP contribution in [0.25, 0.3) is 10.2 Å². The summed E-state index contributed by atoms with van der Waals surface area (Å²) in [6.45, 7) is 0.988. The number of anilines is 2. The maximum atomic E-state index is 4.56. The highest BCUT2D eigenvalue weighted by molar-refractivity contribution is 9.10. The molecule has 0 saturated carbocycles. The Morgan fingerprint density at radius 3 is 3.03 bits per heavy atom. The van der Waals surface area contributed by atoms with Crippen molar-refractivity contribution in [1.29, 1.82) is 0 Å². The van der Waals surface area contributed by atoms with Gasteiger partial charge in [0, 0.05) is 38.9 Å². The Hall–Kier alpha value is -2.00. The van der Waals surface area contributed by atoms with E-state index >= 15 is 0 Å². The van der Waals surface area contributed by atoms with Crippen molar-refractivity contribution < 1.29 is 0 Å². The number of fused-ring (bicyclic) bond motifs is 3. The zero-order valence-electron chi connectivity index (χ0n) is 16.1. The number of hydrogen-bond donors (Lipinski definition) is 2. The highest BCUT2D eigenvalue weighted by Gasteiger charge is 2.25. The molecule has 1 aromatic carbocycles. The largest absolute Gasteiger partial charge is 0.340 e. The number of hydrogen-bond acceptors (Lipinski definition) is 7. The summed E-state index contributed by atoms with van der Waals surface area (Å²) in [5.74, 6) is 1.53. The molecule has 3 aromatic heterocycles. The number of rotatable bonds is 6. The van der Waals surface area contributed by atoms with Crippen LogP contribution in [-0.2, 0) is 12.8 Å². The van der Waals surface area contributed by atoms with Gasteiger partial charge < -0.3 is 5.32 Å². The predicted molar refractivity (Wildman–Crippen MR) is 128 cm³/mol. The molecule has 0 saturated heterocycles. The van der Waals surface area contributed by atoms with E-state index in [1.54, 1.807) is 24.5 Å². The molecule has 30 heavy (non-hydrogen) atoms. The van der Waals surface area contributed by atoms with Gasteiger partial charge in [-0.05, 0) is 73.0 Å². The molecule has 152 valence electrons. The van der Waals surface area contributed by atoms with Gasteiger partial charge in [0.15, 0.2) is 0 Å². The first-order valence-electron chi connectivity index (χ1n) is 9.84. The second kappa shape index (κ2) is 9.01. The lowest BCUT2D eigenvalue weighted by Gasteiger charge is -2.22. The molecular weight excluding hydrogens is 478 g/mol. The Bertz CT molecular complexity index is 1160. The fourth-order valence-corrected chi connectivity index (χ4v) is 6.25. The van der Waals surface area contributed by atoms with Crippen molar-refractivity contribution >= 4 is 60.9 Å². The summed E-state index contributed by atoms with van der Waals surface area (Å²) in [6, 6.07) is 12.2. The number of aromatic nitrogens is 3. The van der Waals surface area contributed by atoms with E-state index in [4.69, 9.17) is 0 Å². The highest BCUT2D eigenvalue weighted by atomic mass is 79.9. The predicted octanol–water partition coefficient (Wildman–Crippen LogP) is 5.99. The minimum atomic E-state index is 0.629. The highest BCUT2D eigenvalue weighted by Crippen LogP contribution is 2.40. The van der Waals surface area contributed by atoms with E-state index in [0.717, 1.165) is 45.1 Å². The molecule has 2 N–H and O–H groups in total. The molecule has 0 radical (unpaired) electrons. The molecule has 3 heterocycles. The molecule has 1 unspecified atom stereocenters. The zero-order chi connectivity index (χ0) is 20.3. The van der Waals surface area contributed by atoms with Gasteiger partial charge >= 0.3 is 0 Å².